The largest absolute Gasteiger partial charge is 0.336 e. The van der Waals surface area contributed by atoms with E-state index in [1.807, 2.05) is 25.5 Å². The molecule has 1 N–H and O–H groups in total. The number of halogens is 1. The number of aromatic nitrogens is 4. The number of benzene rings is 2. The lowest BCUT2D eigenvalue weighted by atomic mass is 9.91. The van der Waals surface area contributed by atoms with Gasteiger partial charge in [-0.05, 0) is 55.5 Å². The molecule has 2 aromatic heterocycles. The predicted molar refractivity (Wildman–Crippen MR) is 117 cm³/mol. The zero-order valence-electron chi connectivity index (χ0n) is 17.3. The Labute approximate surface area is 179 Å². The lowest BCUT2D eigenvalue weighted by Crippen LogP contribution is -2.45. The quantitative estimate of drug-likeness (QED) is 0.531. The van der Waals surface area contributed by atoms with E-state index in [1.165, 1.54) is 6.07 Å². The summed E-state index contributed by atoms with van der Waals surface area (Å²) in [6.07, 6.45) is 7.33. The molecule has 2 unspecified atom stereocenters. The summed E-state index contributed by atoms with van der Waals surface area (Å²) in [4.78, 5) is 14.6. The molecule has 7 heteroatoms. The molecule has 158 valence electrons. The topological polar surface area (TPSA) is 66.8 Å². The molecule has 3 heterocycles. The van der Waals surface area contributed by atoms with Crippen LogP contribution >= 0.6 is 0 Å². The highest BCUT2D eigenvalue weighted by Crippen LogP contribution is 2.28. The van der Waals surface area contributed by atoms with Crippen molar-refractivity contribution in [2.45, 2.75) is 32.4 Å². The number of likely N-dealkylation sites (tertiary alicyclic amines) is 1. The SMILES string of the molecule is CC1CC(Cn2ncc3cc(-c4cn[nH]c4)ccc32)CCN1C(=O)c1ccccc1F. The molecule has 1 aliphatic heterocycles. The standard InChI is InChI=1S/C24H24FN5O/c1-16-10-17(8-9-29(16)24(31)21-4-2-3-5-22(21)25)15-30-23-7-6-18(11-19(23)14-28-30)20-12-26-27-13-20/h2-7,11-14,16-17H,8-10,15H2,1H3,(H,26,27). The average Bonchev–Trinajstić information content (AvgIpc) is 3.44. The zero-order valence-corrected chi connectivity index (χ0v) is 17.3. The van der Waals surface area contributed by atoms with Gasteiger partial charge in [-0.2, -0.15) is 10.2 Å². The van der Waals surface area contributed by atoms with Crippen LogP contribution in [0.4, 0.5) is 4.39 Å². The molecule has 4 aromatic rings. The second kappa shape index (κ2) is 7.98. The Balaban J connectivity index is 1.28. The van der Waals surface area contributed by atoms with Crippen LogP contribution in [0.25, 0.3) is 22.0 Å². The predicted octanol–water partition coefficient (Wildman–Crippen LogP) is 4.51. The molecule has 5 rings (SSSR count). The molecule has 2 aromatic carbocycles. The van der Waals surface area contributed by atoms with E-state index in [1.54, 1.807) is 23.1 Å². The van der Waals surface area contributed by atoms with E-state index in [0.717, 1.165) is 41.4 Å². The maximum absolute atomic E-state index is 14.1. The fraction of sp³-hybridized carbons (Fsp3) is 0.292. The van der Waals surface area contributed by atoms with E-state index in [4.69, 9.17) is 0 Å². The van der Waals surface area contributed by atoms with E-state index < -0.39 is 5.82 Å². The molecule has 1 amide bonds. The molecular weight excluding hydrogens is 393 g/mol. The van der Waals surface area contributed by atoms with Crippen LogP contribution in [-0.4, -0.2) is 43.4 Å². The molecule has 2 atom stereocenters. The van der Waals surface area contributed by atoms with Crippen molar-refractivity contribution in [1.82, 2.24) is 24.9 Å². The Morgan fingerprint density at radius 2 is 2.06 bits per heavy atom. The van der Waals surface area contributed by atoms with Gasteiger partial charge in [-0.25, -0.2) is 4.39 Å². The third-order valence-corrected chi connectivity index (χ3v) is 6.25. The number of piperidine rings is 1. The number of carbonyl (C=O) groups excluding carboxylic acids is 1. The van der Waals surface area contributed by atoms with Crippen molar-refractivity contribution in [2.75, 3.05) is 6.54 Å². The van der Waals surface area contributed by atoms with Crippen LogP contribution in [-0.2, 0) is 6.54 Å². The normalized spacial score (nSPS) is 19.1. The van der Waals surface area contributed by atoms with E-state index in [9.17, 15) is 9.18 Å². The Morgan fingerprint density at radius 3 is 2.84 bits per heavy atom. The summed E-state index contributed by atoms with van der Waals surface area (Å²) in [5, 5.41) is 12.6. The number of amides is 1. The van der Waals surface area contributed by atoms with Crippen molar-refractivity contribution in [3.05, 3.63) is 72.4 Å². The monoisotopic (exact) mass is 417 g/mol. The van der Waals surface area contributed by atoms with Crippen molar-refractivity contribution in [2.24, 2.45) is 5.92 Å². The minimum absolute atomic E-state index is 0.0559. The van der Waals surface area contributed by atoms with Crippen molar-refractivity contribution >= 4 is 16.8 Å². The van der Waals surface area contributed by atoms with Gasteiger partial charge in [0, 0.05) is 36.3 Å². The molecule has 0 bridgehead atoms. The second-order valence-corrected chi connectivity index (χ2v) is 8.31. The average molecular weight is 417 g/mol. The van der Waals surface area contributed by atoms with Gasteiger partial charge in [0.2, 0.25) is 0 Å². The lowest BCUT2D eigenvalue weighted by Gasteiger charge is -2.38. The molecular formula is C24H24FN5O. The Hall–Kier alpha value is -3.48. The molecule has 1 aliphatic rings. The van der Waals surface area contributed by atoms with Gasteiger partial charge in [-0.1, -0.05) is 18.2 Å². The summed E-state index contributed by atoms with van der Waals surface area (Å²) in [5.74, 6) is -0.267. The van der Waals surface area contributed by atoms with E-state index in [0.29, 0.717) is 12.5 Å². The first-order valence-electron chi connectivity index (χ1n) is 10.6. The maximum atomic E-state index is 14.1. The van der Waals surface area contributed by atoms with Crippen LogP contribution in [0.5, 0.6) is 0 Å². The smallest absolute Gasteiger partial charge is 0.257 e. The summed E-state index contributed by atoms with van der Waals surface area (Å²) in [6.45, 7) is 3.48. The second-order valence-electron chi connectivity index (χ2n) is 8.31. The highest BCUT2D eigenvalue weighted by atomic mass is 19.1. The minimum Gasteiger partial charge on any atom is -0.336 e. The van der Waals surface area contributed by atoms with Gasteiger partial charge >= 0.3 is 0 Å². The summed E-state index contributed by atoms with van der Waals surface area (Å²) in [6, 6.07) is 12.6. The number of carbonyl (C=O) groups is 1. The van der Waals surface area contributed by atoms with Gasteiger partial charge < -0.3 is 4.90 Å². The Bertz CT molecular complexity index is 1220. The fourth-order valence-corrected chi connectivity index (χ4v) is 4.59. The number of nitrogens with zero attached hydrogens (tertiary/aromatic N) is 4. The summed E-state index contributed by atoms with van der Waals surface area (Å²) in [7, 11) is 0. The van der Waals surface area contributed by atoms with Crippen LogP contribution < -0.4 is 0 Å². The lowest BCUT2D eigenvalue weighted by molar-refractivity contribution is 0.0558. The van der Waals surface area contributed by atoms with Gasteiger partial charge in [-0.3, -0.25) is 14.6 Å². The van der Waals surface area contributed by atoms with Gasteiger partial charge in [0.1, 0.15) is 5.82 Å². The van der Waals surface area contributed by atoms with Crippen molar-refractivity contribution in [3.63, 3.8) is 0 Å². The van der Waals surface area contributed by atoms with Crippen molar-refractivity contribution in [1.29, 1.82) is 0 Å². The molecule has 6 nitrogen and oxygen atoms in total. The molecule has 1 saturated heterocycles. The number of rotatable bonds is 4. The third kappa shape index (κ3) is 3.71. The van der Waals surface area contributed by atoms with E-state index in [-0.39, 0.29) is 17.5 Å². The van der Waals surface area contributed by atoms with Crippen LogP contribution in [0, 0.1) is 11.7 Å². The zero-order chi connectivity index (χ0) is 21.4. The first-order valence-corrected chi connectivity index (χ1v) is 10.6. The first-order chi connectivity index (χ1) is 15.1. The van der Waals surface area contributed by atoms with Crippen LogP contribution in [0.1, 0.15) is 30.1 Å². The summed E-state index contributed by atoms with van der Waals surface area (Å²) >= 11 is 0. The molecule has 31 heavy (non-hydrogen) atoms. The highest BCUT2D eigenvalue weighted by Gasteiger charge is 2.30. The molecule has 0 spiro atoms. The van der Waals surface area contributed by atoms with Crippen molar-refractivity contribution < 1.29 is 9.18 Å². The van der Waals surface area contributed by atoms with Gasteiger partial charge in [0.15, 0.2) is 0 Å². The Kier molecular flexibility index (Phi) is 5.02. The van der Waals surface area contributed by atoms with Crippen LogP contribution in [0.3, 0.4) is 0 Å². The fourth-order valence-electron chi connectivity index (χ4n) is 4.59. The van der Waals surface area contributed by atoms with Gasteiger partial charge in [0.25, 0.3) is 5.91 Å². The summed E-state index contributed by atoms with van der Waals surface area (Å²) in [5.41, 5.74) is 3.41. The van der Waals surface area contributed by atoms with Crippen LogP contribution in [0.2, 0.25) is 0 Å². The molecule has 1 fully saturated rings. The number of nitrogens with one attached hydrogen (secondary N) is 1. The highest BCUT2D eigenvalue weighted by molar-refractivity contribution is 5.94. The number of aromatic amines is 1. The minimum atomic E-state index is -0.459. The number of hydrogen-bond acceptors (Lipinski definition) is 3. The van der Waals surface area contributed by atoms with Crippen LogP contribution in [0.15, 0.2) is 61.1 Å². The summed E-state index contributed by atoms with van der Waals surface area (Å²) < 4.78 is 16.1. The Morgan fingerprint density at radius 1 is 1.19 bits per heavy atom. The van der Waals surface area contributed by atoms with E-state index in [2.05, 4.69) is 38.2 Å². The molecule has 0 aliphatic carbocycles. The number of fused-ring (bicyclic) bond motifs is 1. The molecule has 0 radical (unpaired) electrons. The van der Waals surface area contributed by atoms with Crippen molar-refractivity contribution in [3.8, 4) is 11.1 Å². The number of H-pyrrole nitrogens is 1. The number of hydrogen-bond donors (Lipinski definition) is 1. The first kappa shape index (κ1) is 19.5. The third-order valence-electron chi connectivity index (χ3n) is 6.25. The van der Waals surface area contributed by atoms with Gasteiger partial charge in [0.05, 0.1) is 23.5 Å². The van der Waals surface area contributed by atoms with E-state index >= 15 is 0 Å². The maximum Gasteiger partial charge on any atom is 0.257 e. The van der Waals surface area contributed by atoms with Gasteiger partial charge in [-0.15, -0.1) is 0 Å². The molecule has 0 saturated carbocycles.